The van der Waals surface area contributed by atoms with E-state index in [9.17, 15) is 8.78 Å². The molecule has 7 heteroatoms. The van der Waals surface area contributed by atoms with Gasteiger partial charge in [-0.1, -0.05) is 13.8 Å². The zero-order valence-corrected chi connectivity index (χ0v) is 15.6. The zero-order chi connectivity index (χ0) is 19.0. The van der Waals surface area contributed by atoms with E-state index in [2.05, 4.69) is 29.0 Å². The van der Waals surface area contributed by atoms with Crippen molar-refractivity contribution in [3.8, 4) is 5.75 Å². The summed E-state index contributed by atoms with van der Waals surface area (Å²) in [6.45, 7) is 7.52. The van der Waals surface area contributed by atoms with Crippen molar-refractivity contribution < 1.29 is 13.5 Å². The van der Waals surface area contributed by atoms with Crippen LogP contribution in [0.1, 0.15) is 38.1 Å². The Kier molecular flexibility index (Phi) is 4.72. The summed E-state index contributed by atoms with van der Waals surface area (Å²) in [5, 5.41) is 3.38. The highest BCUT2D eigenvalue weighted by atomic mass is 19.1. The summed E-state index contributed by atoms with van der Waals surface area (Å²) >= 11 is 0. The second-order valence-corrected chi connectivity index (χ2v) is 7.89. The van der Waals surface area contributed by atoms with Crippen molar-refractivity contribution in [1.82, 2.24) is 15.3 Å². The van der Waals surface area contributed by atoms with E-state index in [4.69, 9.17) is 9.72 Å². The summed E-state index contributed by atoms with van der Waals surface area (Å²) in [5.74, 6) is -0.264. The normalized spacial score (nSPS) is 19.6. The number of aromatic nitrogens is 2. The lowest BCUT2D eigenvalue weighted by molar-refractivity contribution is 0.163. The van der Waals surface area contributed by atoms with Crippen LogP contribution in [-0.2, 0) is 12.0 Å². The molecule has 0 atom stereocenters. The van der Waals surface area contributed by atoms with E-state index in [1.165, 1.54) is 12.1 Å². The smallest absolute Gasteiger partial charge is 0.167 e. The fourth-order valence-electron chi connectivity index (χ4n) is 3.76. The maximum atomic E-state index is 13.8. The molecule has 2 aromatic rings. The number of halogens is 2. The number of ether oxygens (including phenoxy) is 1. The number of hydrogen-bond acceptors (Lipinski definition) is 5. The molecule has 0 radical (unpaired) electrons. The first-order valence-electron chi connectivity index (χ1n) is 9.36. The maximum Gasteiger partial charge on any atom is 0.167 e. The van der Waals surface area contributed by atoms with Crippen LogP contribution >= 0.6 is 0 Å². The average molecular weight is 374 g/mol. The quantitative estimate of drug-likeness (QED) is 0.894. The third kappa shape index (κ3) is 3.74. The van der Waals surface area contributed by atoms with Crippen LogP contribution in [0.25, 0.3) is 0 Å². The summed E-state index contributed by atoms with van der Waals surface area (Å²) in [5.41, 5.74) is 2.03. The van der Waals surface area contributed by atoms with Crippen molar-refractivity contribution in [2.75, 3.05) is 24.5 Å². The highest BCUT2D eigenvalue weighted by Gasteiger charge is 2.31. The Hall–Kier alpha value is -2.28. The number of benzene rings is 1. The minimum atomic E-state index is -0.658. The van der Waals surface area contributed by atoms with E-state index in [1.54, 1.807) is 0 Å². The van der Waals surface area contributed by atoms with Crippen molar-refractivity contribution >= 4 is 5.82 Å². The summed E-state index contributed by atoms with van der Waals surface area (Å²) in [4.78, 5) is 11.7. The Balaban J connectivity index is 1.42. The largest absolute Gasteiger partial charge is 0.487 e. The molecular weight excluding hydrogens is 350 g/mol. The van der Waals surface area contributed by atoms with Crippen molar-refractivity contribution in [2.45, 2.75) is 44.8 Å². The number of nitrogens with one attached hydrogen (secondary N) is 1. The molecule has 5 nitrogen and oxygen atoms in total. The number of nitrogens with zero attached hydrogens (tertiary/aromatic N) is 3. The molecule has 27 heavy (non-hydrogen) atoms. The van der Waals surface area contributed by atoms with Crippen LogP contribution in [-0.4, -0.2) is 35.7 Å². The van der Waals surface area contributed by atoms with Crippen LogP contribution in [0.15, 0.2) is 24.4 Å². The van der Waals surface area contributed by atoms with Crippen molar-refractivity contribution in [3.63, 3.8) is 0 Å². The Morgan fingerprint density at radius 2 is 2.00 bits per heavy atom. The lowest BCUT2D eigenvalue weighted by Gasteiger charge is -2.35. The van der Waals surface area contributed by atoms with Gasteiger partial charge in [0, 0.05) is 50.5 Å². The summed E-state index contributed by atoms with van der Waals surface area (Å²) in [6, 6.07) is 3.42. The SMILES string of the molecule is CC1(C)CNCc2ncc(N3CCC(Oc4ccc(F)cc4F)CC3)nc21. The Morgan fingerprint density at radius 3 is 2.74 bits per heavy atom. The van der Waals surface area contributed by atoms with Gasteiger partial charge in [0.05, 0.1) is 17.6 Å². The van der Waals surface area contributed by atoms with Gasteiger partial charge >= 0.3 is 0 Å². The summed E-state index contributed by atoms with van der Waals surface area (Å²) in [6.07, 6.45) is 3.25. The van der Waals surface area contributed by atoms with E-state index < -0.39 is 11.6 Å². The lowest BCUT2D eigenvalue weighted by Crippen LogP contribution is -2.42. The van der Waals surface area contributed by atoms with Gasteiger partial charge in [0.25, 0.3) is 0 Å². The predicted molar refractivity (Wildman–Crippen MR) is 99.0 cm³/mol. The second-order valence-electron chi connectivity index (χ2n) is 7.89. The van der Waals surface area contributed by atoms with E-state index in [0.717, 1.165) is 62.3 Å². The molecule has 2 aliphatic rings. The fraction of sp³-hybridized carbons (Fsp3) is 0.500. The van der Waals surface area contributed by atoms with Gasteiger partial charge in [-0.25, -0.2) is 13.8 Å². The van der Waals surface area contributed by atoms with E-state index >= 15 is 0 Å². The summed E-state index contributed by atoms with van der Waals surface area (Å²) < 4.78 is 32.5. The van der Waals surface area contributed by atoms with Crippen molar-refractivity contribution in [1.29, 1.82) is 0 Å². The molecule has 0 aliphatic carbocycles. The standard InChI is InChI=1S/C20H24F2N4O/c1-20(2)12-23-10-16-19(20)25-18(11-24-16)26-7-5-14(6-8-26)27-17-4-3-13(21)9-15(17)22/h3-4,9,11,14,23H,5-8,10,12H2,1-2H3. The van der Waals surface area contributed by atoms with Gasteiger partial charge in [-0.05, 0) is 12.1 Å². The molecule has 0 bridgehead atoms. The molecule has 1 aromatic heterocycles. The predicted octanol–water partition coefficient (Wildman–Crippen LogP) is 3.18. The molecule has 1 fully saturated rings. The van der Waals surface area contributed by atoms with Crippen LogP contribution in [0.2, 0.25) is 0 Å². The lowest BCUT2D eigenvalue weighted by atomic mass is 9.85. The van der Waals surface area contributed by atoms with Crippen LogP contribution in [0.4, 0.5) is 14.6 Å². The number of anilines is 1. The first kappa shape index (κ1) is 18.1. The van der Waals surface area contributed by atoms with Gasteiger partial charge in [-0.3, -0.25) is 4.98 Å². The van der Waals surface area contributed by atoms with Crippen LogP contribution < -0.4 is 15.0 Å². The third-order valence-electron chi connectivity index (χ3n) is 5.29. The molecule has 2 aliphatic heterocycles. The van der Waals surface area contributed by atoms with E-state index in [0.29, 0.717) is 0 Å². The van der Waals surface area contributed by atoms with Crippen LogP contribution in [0.5, 0.6) is 5.75 Å². The molecule has 0 unspecified atom stereocenters. The van der Waals surface area contributed by atoms with Gasteiger partial charge in [-0.15, -0.1) is 0 Å². The van der Waals surface area contributed by atoms with E-state index in [1.807, 2.05) is 6.20 Å². The molecule has 1 aromatic carbocycles. The van der Waals surface area contributed by atoms with Crippen LogP contribution in [0, 0.1) is 11.6 Å². The second kappa shape index (κ2) is 7.03. The van der Waals surface area contributed by atoms with Crippen molar-refractivity contribution in [2.24, 2.45) is 0 Å². The average Bonchev–Trinajstić information content (AvgIpc) is 2.64. The Labute approximate surface area is 157 Å². The Bertz CT molecular complexity index is 835. The molecule has 144 valence electrons. The minimum Gasteiger partial charge on any atom is -0.487 e. The molecule has 3 heterocycles. The summed E-state index contributed by atoms with van der Waals surface area (Å²) in [7, 11) is 0. The molecule has 1 saturated heterocycles. The molecule has 0 spiro atoms. The number of rotatable bonds is 3. The molecule has 0 amide bonds. The van der Waals surface area contributed by atoms with E-state index in [-0.39, 0.29) is 17.3 Å². The molecule has 0 saturated carbocycles. The molecule has 1 N–H and O–H groups in total. The van der Waals surface area contributed by atoms with Gasteiger partial charge < -0.3 is 15.0 Å². The first-order chi connectivity index (χ1) is 12.9. The third-order valence-corrected chi connectivity index (χ3v) is 5.29. The molecule has 4 rings (SSSR count). The van der Waals surface area contributed by atoms with Gasteiger partial charge in [-0.2, -0.15) is 0 Å². The molecular formula is C20H24F2N4O. The Morgan fingerprint density at radius 1 is 1.22 bits per heavy atom. The highest BCUT2D eigenvalue weighted by molar-refractivity contribution is 5.41. The number of hydrogen-bond donors (Lipinski definition) is 1. The van der Waals surface area contributed by atoms with Gasteiger partial charge in [0.2, 0.25) is 0 Å². The van der Waals surface area contributed by atoms with Gasteiger partial charge in [0.15, 0.2) is 11.6 Å². The zero-order valence-electron chi connectivity index (χ0n) is 15.6. The maximum absolute atomic E-state index is 13.8. The first-order valence-corrected chi connectivity index (χ1v) is 9.36. The topological polar surface area (TPSA) is 50.3 Å². The monoisotopic (exact) mass is 374 g/mol. The fourth-order valence-corrected chi connectivity index (χ4v) is 3.76. The number of piperidine rings is 1. The number of fused-ring (bicyclic) bond motifs is 1. The van der Waals surface area contributed by atoms with Crippen molar-refractivity contribution in [3.05, 3.63) is 47.4 Å². The minimum absolute atomic E-state index is 0.0435. The van der Waals surface area contributed by atoms with Gasteiger partial charge in [0.1, 0.15) is 17.7 Å². The van der Waals surface area contributed by atoms with Crippen LogP contribution in [0.3, 0.4) is 0 Å². The highest BCUT2D eigenvalue weighted by Crippen LogP contribution is 2.30.